The standard InChI is InChI=1S/C63H58N2/c1-41-33-43(3)61(44(4)34-41)64(53-28-23-49(24-29-53)47-17-11-9-12-18-47)55-37-52(51-27-32-58-57-21-15-16-22-59(57)63(7,8)60(58)39-51)38-56(40-55)65(62-45(5)35-42(2)36-46(62)6)54-30-25-50(26-31-54)48-19-13-10-14-20-48/h9-40,43,61H,1-8H3. The molecule has 2 atom stereocenters. The minimum atomic E-state index is -0.124. The Labute approximate surface area is 386 Å². The Kier molecular flexibility index (Phi) is 10.8. The maximum atomic E-state index is 2.61. The Bertz CT molecular complexity index is 3090. The predicted octanol–water partition coefficient (Wildman–Crippen LogP) is 17.4. The number of nitrogens with zero attached hydrogens (tertiary/aromatic N) is 2. The minimum absolute atomic E-state index is 0.0966. The van der Waals surface area contributed by atoms with Crippen LogP contribution in [-0.2, 0) is 5.41 Å². The summed E-state index contributed by atoms with van der Waals surface area (Å²) in [7, 11) is 0. The molecule has 8 aromatic rings. The van der Waals surface area contributed by atoms with Crippen LogP contribution in [0.15, 0.2) is 205 Å². The van der Waals surface area contributed by atoms with E-state index in [1.165, 1.54) is 89.2 Å². The number of fused-ring (bicyclic) bond motifs is 3. The van der Waals surface area contributed by atoms with E-state index < -0.39 is 0 Å². The smallest absolute Gasteiger partial charge is 0.0612 e. The summed E-state index contributed by atoms with van der Waals surface area (Å²) in [6.07, 6.45) is 4.81. The molecule has 2 aliphatic rings. The van der Waals surface area contributed by atoms with Gasteiger partial charge in [0.05, 0.1) is 11.7 Å². The molecule has 0 radical (unpaired) electrons. The van der Waals surface area contributed by atoms with Crippen LogP contribution in [0.2, 0.25) is 0 Å². The van der Waals surface area contributed by atoms with Crippen LogP contribution in [0.4, 0.5) is 28.4 Å². The highest BCUT2D eigenvalue weighted by molar-refractivity contribution is 5.89. The summed E-state index contributed by atoms with van der Waals surface area (Å²) in [6, 6.07) is 67.9. The van der Waals surface area contributed by atoms with Gasteiger partial charge < -0.3 is 9.80 Å². The predicted molar refractivity (Wildman–Crippen MR) is 278 cm³/mol. The zero-order valence-electron chi connectivity index (χ0n) is 39.0. The summed E-state index contributed by atoms with van der Waals surface area (Å²) in [5.74, 6) is 0.267. The molecule has 0 N–H and O–H groups in total. The SMILES string of the molecule is CC1=CC(C)C(N(c2ccc(-c3ccccc3)cc2)c2cc(-c3ccc4c(c3)C(C)(C)c3ccccc3-4)cc(N(c3ccc(-c4ccccc4)cc3)c3c(C)cc(C)cc3C)c2)C(C)=C1. The summed E-state index contributed by atoms with van der Waals surface area (Å²) < 4.78 is 0. The summed E-state index contributed by atoms with van der Waals surface area (Å²) in [5, 5.41) is 0. The van der Waals surface area contributed by atoms with E-state index in [1.54, 1.807) is 0 Å². The summed E-state index contributed by atoms with van der Waals surface area (Å²) in [5.41, 5.74) is 24.7. The van der Waals surface area contributed by atoms with E-state index >= 15 is 0 Å². The molecule has 320 valence electrons. The third-order valence-electron chi connectivity index (χ3n) is 13.9. The molecule has 0 saturated carbocycles. The lowest BCUT2D eigenvalue weighted by Crippen LogP contribution is -2.38. The lowest BCUT2D eigenvalue weighted by Gasteiger charge is -2.40. The first-order valence-electron chi connectivity index (χ1n) is 23.2. The molecular weight excluding hydrogens is 785 g/mol. The molecule has 0 heterocycles. The highest BCUT2D eigenvalue weighted by atomic mass is 15.2. The Morgan fingerprint density at radius 3 is 1.57 bits per heavy atom. The highest BCUT2D eigenvalue weighted by Gasteiger charge is 2.36. The summed E-state index contributed by atoms with van der Waals surface area (Å²) >= 11 is 0. The molecule has 10 rings (SSSR count). The molecule has 0 spiro atoms. The number of allylic oxidation sites excluding steroid dienone is 2. The van der Waals surface area contributed by atoms with Crippen LogP contribution in [0.5, 0.6) is 0 Å². The number of rotatable bonds is 9. The third-order valence-corrected chi connectivity index (χ3v) is 13.9. The van der Waals surface area contributed by atoms with Crippen LogP contribution < -0.4 is 9.80 Å². The molecule has 2 heteroatoms. The number of aryl methyl sites for hydroxylation is 3. The zero-order chi connectivity index (χ0) is 45.0. The van der Waals surface area contributed by atoms with Gasteiger partial charge in [-0.2, -0.15) is 0 Å². The second-order valence-corrected chi connectivity index (χ2v) is 19.1. The van der Waals surface area contributed by atoms with Crippen LogP contribution in [0.25, 0.3) is 44.5 Å². The quantitative estimate of drug-likeness (QED) is 0.143. The van der Waals surface area contributed by atoms with Gasteiger partial charge in [-0.15, -0.1) is 0 Å². The molecule has 8 aromatic carbocycles. The monoisotopic (exact) mass is 842 g/mol. The topological polar surface area (TPSA) is 6.48 Å². The average molecular weight is 843 g/mol. The van der Waals surface area contributed by atoms with Gasteiger partial charge in [0.2, 0.25) is 0 Å². The Hall–Kier alpha value is -7.16. The van der Waals surface area contributed by atoms with Crippen molar-refractivity contribution in [2.24, 2.45) is 5.92 Å². The van der Waals surface area contributed by atoms with Crippen molar-refractivity contribution in [2.45, 2.75) is 66.8 Å². The Morgan fingerprint density at radius 1 is 0.431 bits per heavy atom. The van der Waals surface area contributed by atoms with Gasteiger partial charge in [-0.3, -0.25) is 0 Å². The molecule has 0 fully saturated rings. The molecule has 0 saturated heterocycles. The fourth-order valence-electron chi connectivity index (χ4n) is 11.0. The van der Waals surface area contributed by atoms with Gasteiger partial charge in [0.25, 0.3) is 0 Å². The summed E-state index contributed by atoms with van der Waals surface area (Å²) in [6.45, 7) is 18.4. The first-order valence-corrected chi connectivity index (χ1v) is 23.2. The fourth-order valence-corrected chi connectivity index (χ4v) is 11.0. The van der Waals surface area contributed by atoms with E-state index in [4.69, 9.17) is 0 Å². The van der Waals surface area contributed by atoms with Crippen molar-refractivity contribution in [2.75, 3.05) is 9.80 Å². The highest BCUT2D eigenvalue weighted by Crippen LogP contribution is 2.51. The van der Waals surface area contributed by atoms with Crippen molar-refractivity contribution in [1.82, 2.24) is 0 Å². The lowest BCUT2D eigenvalue weighted by atomic mass is 9.81. The van der Waals surface area contributed by atoms with Gasteiger partial charge in [0, 0.05) is 28.2 Å². The molecule has 2 aliphatic carbocycles. The zero-order valence-corrected chi connectivity index (χ0v) is 39.0. The maximum absolute atomic E-state index is 2.61. The van der Waals surface area contributed by atoms with E-state index in [1.807, 2.05) is 0 Å². The van der Waals surface area contributed by atoms with Crippen LogP contribution >= 0.6 is 0 Å². The van der Waals surface area contributed by atoms with Crippen LogP contribution in [0.3, 0.4) is 0 Å². The second kappa shape index (κ2) is 16.8. The molecule has 0 amide bonds. The van der Waals surface area contributed by atoms with E-state index in [0.717, 1.165) is 22.7 Å². The first-order chi connectivity index (χ1) is 31.4. The molecule has 0 aliphatic heterocycles. The van der Waals surface area contributed by atoms with E-state index in [-0.39, 0.29) is 17.4 Å². The van der Waals surface area contributed by atoms with Crippen LogP contribution in [0.1, 0.15) is 62.4 Å². The average Bonchev–Trinajstić information content (AvgIpc) is 3.54. The Balaban J connectivity index is 1.22. The largest absolute Gasteiger partial charge is 0.334 e. The van der Waals surface area contributed by atoms with Crippen molar-refractivity contribution >= 4 is 28.4 Å². The van der Waals surface area contributed by atoms with Crippen molar-refractivity contribution < 1.29 is 0 Å². The number of hydrogen-bond donors (Lipinski definition) is 0. The molecule has 0 aromatic heterocycles. The van der Waals surface area contributed by atoms with E-state index in [9.17, 15) is 0 Å². The molecular formula is C63H58N2. The van der Waals surface area contributed by atoms with E-state index in [0.29, 0.717) is 0 Å². The van der Waals surface area contributed by atoms with Gasteiger partial charge in [-0.05, 0) is 161 Å². The van der Waals surface area contributed by atoms with Crippen molar-refractivity contribution in [1.29, 1.82) is 0 Å². The Morgan fingerprint density at radius 2 is 0.954 bits per heavy atom. The number of hydrogen-bond acceptors (Lipinski definition) is 2. The minimum Gasteiger partial charge on any atom is -0.334 e. The third kappa shape index (κ3) is 7.72. The van der Waals surface area contributed by atoms with E-state index in [2.05, 4.69) is 259 Å². The van der Waals surface area contributed by atoms with Gasteiger partial charge in [-0.1, -0.05) is 178 Å². The summed E-state index contributed by atoms with van der Waals surface area (Å²) in [4.78, 5) is 5.12. The first kappa shape index (κ1) is 41.8. The van der Waals surface area contributed by atoms with Gasteiger partial charge in [-0.25, -0.2) is 0 Å². The number of benzene rings is 8. The molecule has 2 nitrogen and oxygen atoms in total. The normalized spacial score (nSPS) is 16.0. The number of anilines is 5. The van der Waals surface area contributed by atoms with Gasteiger partial charge >= 0.3 is 0 Å². The molecule has 2 unspecified atom stereocenters. The fraction of sp³-hybridized carbons (Fsp3) is 0.175. The molecule has 65 heavy (non-hydrogen) atoms. The maximum Gasteiger partial charge on any atom is 0.0612 e. The van der Waals surface area contributed by atoms with Gasteiger partial charge in [0.1, 0.15) is 0 Å². The van der Waals surface area contributed by atoms with Crippen molar-refractivity contribution in [3.8, 4) is 44.5 Å². The molecule has 0 bridgehead atoms. The van der Waals surface area contributed by atoms with Gasteiger partial charge in [0.15, 0.2) is 0 Å². The van der Waals surface area contributed by atoms with Crippen LogP contribution in [-0.4, -0.2) is 6.04 Å². The van der Waals surface area contributed by atoms with Crippen molar-refractivity contribution in [3.63, 3.8) is 0 Å². The van der Waals surface area contributed by atoms with Crippen molar-refractivity contribution in [3.05, 3.63) is 233 Å². The van der Waals surface area contributed by atoms with Crippen LogP contribution in [0, 0.1) is 26.7 Å². The lowest BCUT2D eigenvalue weighted by molar-refractivity contribution is 0.578. The second-order valence-electron chi connectivity index (χ2n) is 19.1.